The van der Waals surface area contributed by atoms with Crippen molar-refractivity contribution < 1.29 is 28.7 Å². The van der Waals surface area contributed by atoms with Crippen LogP contribution >= 0.6 is 11.3 Å². The van der Waals surface area contributed by atoms with Crippen molar-refractivity contribution >= 4 is 44.8 Å². The van der Waals surface area contributed by atoms with E-state index in [9.17, 15) is 19.7 Å². The number of amides is 1. The molecule has 0 N–H and O–H groups in total. The Morgan fingerprint density at radius 3 is 2.61 bits per heavy atom. The first kappa shape index (κ1) is 25.5. The number of carbonyl (C=O) groups is 2. The topological polar surface area (TPSA) is 126 Å². The Morgan fingerprint density at radius 1 is 1.17 bits per heavy atom. The van der Waals surface area contributed by atoms with Gasteiger partial charge in [-0.3, -0.25) is 14.9 Å². The number of fused-ring (bicyclic) bond motifs is 1. The van der Waals surface area contributed by atoms with Crippen molar-refractivity contribution in [3.63, 3.8) is 0 Å². The molecular formula is C24H26N4O7S. The molecule has 1 fully saturated rings. The summed E-state index contributed by atoms with van der Waals surface area (Å²) >= 11 is 1.24. The van der Waals surface area contributed by atoms with Crippen LogP contribution < -0.4 is 9.70 Å². The lowest BCUT2D eigenvalue weighted by Gasteiger charge is -2.28. The van der Waals surface area contributed by atoms with Gasteiger partial charge in [0.05, 0.1) is 47.6 Å². The average molecular weight is 515 g/mol. The summed E-state index contributed by atoms with van der Waals surface area (Å²) in [6.45, 7) is 5.31. The number of nitro benzene ring substituents is 1. The number of thiazole rings is 1. The van der Waals surface area contributed by atoms with Gasteiger partial charge in [0, 0.05) is 37.9 Å². The number of rotatable bonds is 8. The molecule has 2 heterocycles. The van der Waals surface area contributed by atoms with E-state index >= 15 is 0 Å². The highest BCUT2D eigenvalue weighted by Crippen LogP contribution is 2.30. The quantitative estimate of drug-likeness (QED) is 0.194. The number of hydrogen-bond acceptors (Lipinski definition) is 9. The average Bonchev–Trinajstić information content (AvgIpc) is 3.24. The van der Waals surface area contributed by atoms with Crippen LogP contribution in [-0.4, -0.2) is 68.0 Å². The highest BCUT2D eigenvalue weighted by molar-refractivity contribution is 7.16. The maximum Gasteiger partial charge on any atom is 0.337 e. The molecule has 0 unspecified atom stereocenters. The fourth-order valence-electron chi connectivity index (χ4n) is 3.95. The number of nitro groups is 1. The van der Waals surface area contributed by atoms with Crippen LogP contribution in [0.3, 0.4) is 0 Å². The number of esters is 1. The third-order valence-corrected chi connectivity index (χ3v) is 6.78. The Hall–Kier alpha value is -3.61. The number of carbonyl (C=O) groups excluding carboxylic acids is 2. The fourth-order valence-corrected chi connectivity index (χ4v) is 5.04. The molecule has 190 valence electrons. The summed E-state index contributed by atoms with van der Waals surface area (Å²) < 4.78 is 18.2. The SMILES string of the molecule is CCOCCn1c(=NC(=O)c2ccc(N3CCOCC3)c([N+](=O)[O-])c2)sc2cc(C(=O)OC)ccc21. The van der Waals surface area contributed by atoms with E-state index in [4.69, 9.17) is 14.2 Å². The number of nitrogens with zero attached hydrogens (tertiary/aromatic N) is 4. The normalized spacial score (nSPS) is 14.3. The Labute approximate surface area is 210 Å². The van der Waals surface area contributed by atoms with Crippen molar-refractivity contribution in [2.24, 2.45) is 4.99 Å². The predicted octanol–water partition coefficient (Wildman–Crippen LogP) is 3.01. The van der Waals surface area contributed by atoms with E-state index in [0.29, 0.717) is 62.1 Å². The molecule has 2 aromatic carbocycles. The van der Waals surface area contributed by atoms with E-state index in [-0.39, 0.29) is 11.3 Å². The van der Waals surface area contributed by atoms with Crippen LogP contribution in [0.1, 0.15) is 27.6 Å². The Morgan fingerprint density at radius 2 is 1.92 bits per heavy atom. The fraction of sp³-hybridized carbons (Fsp3) is 0.375. The molecule has 0 aliphatic carbocycles. The second-order valence-corrected chi connectivity index (χ2v) is 8.89. The molecule has 1 aromatic heterocycles. The molecule has 1 aliphatic rings. The highest BCUT2D eigenvalue weighted by Gasteiger charge is 2.23. The molecule has 1 aliphatic heterocycles. The first-order chi connectivity index (χ1) is 17.4. The van der Waals surface area contributed by atoms with Crippen molar-refractivity contribution in [3.05, 3.63) is 62.4 Å². The Balaban J connectivity index is 1.74. The monoisotopic (exact) mass is 514 g/mol. The number of aromatic nitrogens is 1. The van der Waals surface area contributed by atoms with Gasteiger partial charge in [-0.25, -0.2) is 4.79 Å². The Kier molecular flexibility index (Phi) is 8.08. The van der Waals surface area contributed by atoms with Gasteiger partial charge in [-0.05, 0) is 37.3 Å². The summed E-state index contributed by atoms with van der Waals surface area (Å²) in [5, 5.41) is 11.8. The van der Waals surface area contributed by atoms with Gasteiger partial charge in [0.25, 0.3) is 11.6 Å². The first-order valence-corrected chi connectivity index (χ1v) is 12.2. The van der Waals surface area contributed by atoms with Crippen LogP contribution in [0.15, 0.2) is 41.4 Å². The van der Waals surface area contributed by atoms with Crippen molar-refractivity contribution in [2.75, 3.05) is 51.5 Å². The lowest BCUT2D eigenvalue weighted by Crippen LogP contribution is -2.36. The molecule has 0 spiro atoms. The van der Waals surface area contributed by atoms with Crippen LogP contribution in [0, 0.1) is 10.1 Å². The minimum atomic E-state index is -0.600. The summed E-state index contributed by atoms with van der Waals surface area (Å²) in [5.41, 5.74) is 1.58. The maximum absolute atomic E-state index is 13.1. The predicted molar refractivity (Wildman–Crippen MR) is 134 cm³/mol. The summed E-state index contributed by atoms with van der Waals surface area (Å²) in [4.78, 5) is 42.9. The molecule has 36 heavy (non-hydrogen) atoms. The van der Waals surface area contributed by atoms with Crippen molar-refractivity contribution in [2.45, 2.75) is 13.5 Å². The van der Waals surface area contributed by atoms with E-state index < -0.39 is 16.8 Å². The van der Waals surface area contributed by atoms with Crippen molar-refractivity contribution in [1.29, 1.82) is 0 Å². The summed E-state index contributed by atoms with van der Waals surface area (Å²) in [5.74, 6) is -1.06. The second-order valence-electron chi connectivity index (χ2n) is 7.88. The first-order valence-electron chi connectivity index (χ1n) is 11.4. The van der Waals surface area contributed by atoms with Crippen LogP contribution in [-0.2, 0) is 20.8 Å². The highest BCUT2D eigenvalue weighted by atomic mass is 32.1. The van der Waals surface area contributed by atoms with Crippen LogP contribution in [0.2, 0.25) is 0 Å². The van der Waals surface area contributed by atoms with Gasteiger partial charge in [0.15, 0.2) is 4.80 Å². The van der Waals surface area contributed by atoms with E-state index in [1.807, 2.05) is 16.4 Å². The number of anilines is 1. The molecular weight excluding hydrogens is 488 g/mol. The number of morpholine rings is 1. The van der Waals surface area contributed by atoms with Gasteiger partial charge in [0.1, 0.15) is 5.69 Å². The van der Waals surface area contributed by atoms with Crippen molar-refractivity contribution in [3.8, 4) is 0 Å². The molecule has 12 heteroatoms. The Bertz CT molecular complexity index is 1360. The molecule has 11 nitrogen and oxygen atoms in total. The molecule has 0 bridgehead atoms. The van der Waals surface area contributed by atoms with E-state index in [2.05, 4.69) is 4.99 Å². The number of hydrogen-bond donors (Lipinski definition) is 0. The number of benzene rings is 2. The second kappa shape index (κ2) is 11.4. The van der Waals surface area contributed by atoms with Crippen LogP contribution in [0.5, 0.6) is 0 Å². The maximum atomic E-state index is 13.1. The zero-order valence-electron chi connectivity index (χ0n) is 20.0. The minimum Gasteiger partial charge on any atom is -0.465 e. The van der Waals surface area contributed by atoms with Crippen LogP contribution in [0.4, 0.5) is 11.4 Å². The van der Waals surface area contributed by atoms with E-state index in [1.165, 1.54) is 24.5 Å². The summed E-state index contributed by atoms with van der Waals surface area (Å²) in [6.07, 6.45) is 0. The summed E-state index contributed by atoms with van der Waals surface area (Å²) in [7, 11) is 1.31. The van der Waals surface area contributed by atoms with E-state index in [0.717, 1.165) is 10.2 Å². The minimum absolute atomic E-state index is 0.114. The molecule has 0 saturated carbocycles. The van der Waals surface area contributed by atoms with E-state index in [1.54, 1.807) is 30.3 Å². The lowest BCUT2D eigenvalue weighted by atomic mass is 10.1. The van der Waals surface area contributed by atoms with Crippen molar-refractivity contribution in [1.82, 2.24) is 4.57 Å². The third-order valence-electron chi connectivity index (χ3n) is 5.74. The standard InChI is InChI=1S/C24H26N4O7S/c1-3-34-13-10-27-19-7-5-17(23(30)33-2)15-21(19)36-24(27)25-22(29)16-4-6-18(20(14-16)28(31)32)26-8-11-35-12-9-26/h4-7,14-15H,3,8-13H2,1-2H3. The van der Waals surface area contributed by atoms with Gasteiger partial charge in [-0.15, -0.1) is 0 Å². The third kappa shape index (κ3) is 5.45. The number of methoxy groups -OCH3 is 1. The smallest absolute Gasteiger partial charge is 0.337 e. The van der Waals surface area contributed by atoms with Gasteiger partial charge in [-0.1, -0.05) is 11.3 Å². The molecule has 1 saturated heterocycles. The zero-order valence-corrected chi connectivity index (χ0v) is 20.8. The van der Waals surface area contributed by atoms with Gasteiger partial charge < -0.3 is 23.7 Å². The number of ether oxygens (including phenoxy) is 3. The molecule has 1 amide bonds. The summed E-state index contributed by atoms with van der Waals surface area (Å²) in [6, 6.07) is 9.52. The molecule has 4 rings (SSSR count). The molecule has 3 aromatic rings. The van der Waals surface area contributed by atoms with Gasteiger partial charge in [-0.2, -0.15) is 4.99 Å². The lowest BCUT2D eigenvalue weighted by molar-refractivity contribution is -0.384. The van der Waals surface area contributed by atoms with Crippen LogP contribution in [0.25, 0.3) is 10.2 Å². The van der Waals surface area contributed by atoms with Gasteiger partial charge in [0.2, 0.25) is 0 Å². The zero-order chi connectivity index (χ0) is 25.7. The van der Waals surface area contributed by atoms with Gasteiger partial charge >= 0.3 is 5.97 Å². The molecule has 0 radical (unpaired) electrons. The molecule has 0 atom stereocenters. The largest absolute Gasteiger partial charge is 0.465 e.